The van der Waals surface area contributed by atoms with Crippen LogP contribution in [0, 0.1) is 0 Å². The molecule has 0 radical (unpaired) electrons. The van der Waals surface area contributed by atoms with Gasteiger partial charge in [-0.15, -0.1) is 11.3 Å². The first-order chi connectivity index (χ1) is 13.0. The molecular formula is C20H39N5OS. The summed E-state index contributed by atoms with van der Waals surface area (Å²) in [7, 11) is 3.79. The Morgan fingerprint density at radius 1 is 1.26 bits per heavy atom. The number of aliphatic imine (C=N–C) groups is 1. The zero-order valence-electron chi connectivity index (χ0n) is 18.1. The van der Waals surface area contributed by atoms with Crippen molar-refractivity contribution in [2.45, 2.75) is 59.6 Å². The van der Waals surface area contributed by atoms with Gasteiger partial charge in [-0.3, -0.25) is 4.99 Å². The van der Waals surface area contributed by atoms with Crippen LogP contribution in [0.25, 0.3) is 0 Å². The molecule has 0 spiro atoms. The molecular weight excluding hydrogens is 358 g/mol. The predicted octanol–water partition coefficient (Wildman–Crippen LogP) is 3.76. The molecule has 0 fully saturated rings. The van der Waals surface area contributed by atoms with Crippen molar-refractivity contribution < 1.29 is 4.74 Å². The summed E-state index contributed by atoms with van der Waals surface area (Å²) in [4.78, 5) is 14.2. The molecule has 1 N–H and O–H groups in total. The van der Waals surface area contributed by atoms with E-state index < -0.39 is 0 Å². The van der Waals surface area contributed by atoms with E-state index in [0.717, 1.165) is 49.3 Å². The van der Waals surface area contributed by atoms with E-state index in [1.165, 1.54) is 25.9 Å². The number of hydrogen-bond acceptors (Lipinski definition) is 5. The average Bonchev–Trinajstić information content (AvgIpc) is 3.12. The van der Waals surface area contributed by atoms with Crippen molar-refractivity contribution in [3.63, 3.8) is 0 Å². The zero-order valence-corrected chi connectivity index (χ0v) is 18.9. The Bertz CT molecular complexity index is 528. The van der Waals surface area contributed by atoms with Crippen LogP contribution in [-0.4, -0.2) is 67.6 Å². The van der Waals surface area contributed by atoms with E-state index in [9.17, 15) is 0 Å². The molecule has 0 saturated heterocycles. The van der Waals surface area contributed by atoms with Crippen LogP contribution in [0.4, 0.5) is 0 Å². The van der Waals surface area contributed by atoms with Gasteiger partial charge in [-0.2, -0.15) is 0 Å². The monoisotopic (exact) mass is 397 g/mol. The van der Waals surface area contributed by atoms with E-state index in [1.807, 2.05) is 6.92 Å². The smallest absolute Gasteiger partial charge is 0.194 e. The Morgan fingerprint density at radius 3 is 2.56 bits per heavy atom. The van der Waals surface area contributed by atoms with Gasteiger partial charge in [-0.25, -0.2) is 4.98 Å². The van der Waals surface area contributed by atoms with Crippen molar-refractivity contribution in [1.29, 1.82) is 0 Å². The van der Waals surface area contributed by atoms with Crippen molar-refractivity contribution in [1.82, 2.24) is 20.1 Å². The Balaban J connectivity index is 2.57. The van der Waals surface area contributed by atoms with Gasteiger partial charge < -0.3 is 19.9 Å². The fourth-order valence-electron chi connectivity index (χ4n) is 2.92. The van der Waals surface area contributed by atoms with Crippen LogP contribution in [0.5, 0.6) is 0 Å². The van der Waals surface area contributed by atoms with Crippen LogP contribution in [0.2, 0.25) is 0 Å². The molecule has 156 valence electrons. The lowest BCUT2D eigenvalue weighted by Gasteiger charge is -2.22. The highest BCUT2D eigenvalue weighted by molar-refractivity contribution is 7.09. The standard InChI is InChI=1S/C20H39N5OS/c1-7-12-25(13-8-2)14-10-11-22-20(21-9-3)24(5)15-18-16-27-19(23-18)17(4)26-6/h16-17H,7-15H2,1-6H3,(H,21,22). The molecule has 6 nitrogen and oxygen atoms in total. The molecule has 1 rings (SSSR count). The molecule has 0 aliphatic carbocycles. The van der Waals surface area contributed by atoms with Crippen LogP contribution in [-0.2, 0) is 11.3 Å². The minimum atomic E-state index is 0.0464. The van der Waals surface area contributed by atoms with E-state index in [-0.39, 0.29) is 6.10 Å². The third kappa shape index (κ3) is 9.04. The molecule has 0 aliphatic heterocycles. The van der Waals surface area contributed by atoms with E-state index in [2.05, 4.69) is 53.3 Å². The Hall–Kier alpha value is -1.18. The first kappa shape index (κ1) is 23.9. The SMILES string of the molecule is CCCN(CCC)CCCN=C(NCC)N(C)Cc1csc(C(C)OC)n1. The summed E-state index contributed by atoms with van der Waals surface area (Å²) < 4.78 is 5.35. The Labute approximate surface area is 170 Å². The lowest BCUT2D eigenvalue weighted by molar-refractivity contribution is 0.119. The largest absolute Gasteiger partial charge is 0.375 e. The summed E-state index contributed by atoms with van der Waals surface area (Å²) >= 11 is 1.65. The third-order valence-electron chi connectivity index (χ3n) is 4.34. The molecule has 1 atom stereocenters. The van der Waals surface area contributed by atoms with Gasteiger partial charge >= 0.3 is 0 Å². The average molecular weight is 398 g/mol. The number of rotatable bonds is 13. The van der Waals surface area contributed by atoms with Gasteiger partial charge in [-0.1, -0.05) is 13.8 Å². The maximum absolute atomic E-state index is 5.35. The van der Waals surface area contributed by atoms with Crippen LogP contribution in [0.3, 0.4) is 0 Å². The summed E-state index contributed by atoms with van der Waals surface area (Å²) in [6, 6.07) is 0. The van der Waals surface area contributed by atoms with Gasteiger partial charge in [0.1, 0.15) is 11.1 Å². The fourth-order valence-corrected chi connectivity index (χ4v) is 3.76. The Kier molecular flexibility index (Phi) is 12.3. The summed E-state index contributed by atoms with van der Waals surface area (Å²) in [6.45, 7) is 14.6. The molecule has 1 aromatic rings. The van der Waals surface area contributed by atoms with Crippen LogP contribution in [0.15, 0.2) is 10.4 Å². The van der Waals surface area contributed by atoms with Crippen LogP contribution >= 0.6 is 11.3 Å². The third-order valence-corrected chi connectivity index (χ3v) is 5.39. The molecule has 1 heterocycles. The summed E-state index contributed by atoms with van der Waals surface area (Å²) in [6.07, 6.45) is 3.57. The first-order valence-corrected chi connectivity index (χ1v) is 11.1. The molecule has 0 amide bonds. The number of thiazole rings is 1. The van der Waals surface area contributed by atoms with E-state index in [0.29, 0.717) is 0 Å². The maximum Gasteiger partial charge on any atom is 0.194 e. The highest BCUT2D eigenvalue weighted by Crippen LogP contribution is 2.20. The van der Waals surface area contributed by atoms with Gasteiger partial charge in [0.25, 0.3) is 0 Å². The normalized spacial score (nSPS) is 13.2. The summed E-state index contributed by atoms with van der Waals surface area (Å²) in [5.41, 5.74) is 1.06. The molecule has 7 heteroatoms. The number of nitrogens with zero attached hydrogens (tertiary/aromatic N) is 4. The van der Waals surface area contributed by atoms with Crippen LogP contribution < -0.4 is 5.32 Å². The van der Waals surface area contributed by atoms with Gasteiger partial charge in [0.15, 0.2) is 5.96 Å². The quantitative estimate of drug-likeness (QED) is 0.312. The lowest BCUT2D eigenvalue weighted by Crippen LogP contribution is -2.38. The van der Waals surface area contributed by atoms with Gasteiger partial charge in [0.2, 0.25) is 0 Å². The second-order valence-electron chi connectivity index (χ2n) is 6.84. The summed E-state index contributed by atoms with van der Waals surface area (Å²) in [5, 5.41) is 6.53. The Morgan fingerprint density at radius 2 is 1.96 bits per heavy atom. The molecule has 0 aliphatic rings. The number of nitrogens with one attached hydrogen (secondary N) is 1. The first-order valence-electron chi connectivity index (χ1n) is 10.2. The predicted molar refractivity (Wildman–Crippen MR) is 117 cm³/mol. The minimum Gasteiger partial charge on any atom is -0.375 e. The topological polar surface area (TPSA) is 53.0 Å². The number of ether oxygens (including phenoxy) is 1. The van der Waals surface area contributed by atoms with Crippen molar-refractivity contribution in [2.75, 3.05) is 46.9 Å². The fraction of sp³-hybridized carbons (Fsp3) is 0.800. The van der Waals surface area contributed by atoms with E-state index in [4.69, 9.17) is 9.73 Å². The van der Waals surface area contributed by atoms with Gasteiger partial charge in [0, 0.05) is 32.6 Å². The highest BCUT2D eigenvalue weighted by Gasteiger charge is 2.12. The molecule has 0 aromatic carbocycles. The molecule has 0 bridgehead atoms. The van der Waals surface area contributed by atoms with Gasteiger partial charge in [-0.05, 0) is 52.7 Å². The highest BCUT2D eigenvalue weighted by atomic mass is 32.1. The van der Waals surface area contributed by atoms with Crippen molar-refractivity contribution >= 4 is 17.3 Å². The second kappa shape index (κ2) is 13.9. The van der Waals surface area contributed by atoms with Crippen molar-refractivity contribution in [3.05, 3.63) is 16.1 Å². The molecule has 1 unspecified atom stereocenters. The van der Waals surface area contributed by atoms with Gasteiger partial charge in [0.05, 0.1) is 12.2 Å². The number of hydrogen-bond donors (Lipinski definition) is 1. The lowest BCUT2D eigenvalue weighted by atomic mass is 10.3. The second-order valence-corrected chi connectivity index (χ2v) is 7.73. The van der Waals surface area contributed by atoms with Crippen molar-refractivity contribution in [3.8, 4) is 0 Å². The van der Waals surface area contributed by atoms with Crippen LogP contribution in [0.1, 0.15) is 63.8 Å². The number of methoxy groups -OCH3 is 1. The molecule has 27 heavy (non-hydrogen) atoms. The maximum atomic E-state index is 5.35. The van der Waals surface area contributed by atoms with E-state index >= 15 is 0 Å². The molecule has 0 saturated carbocycles. The minimum absolute atomic E-state index is 0.0464. The number of aromatic nitrogens is 1. The zero-order chi connectivity index (χ0) is 20.1. The van der Waals surface area contributed by atoms with Crippen molar-refractivity contribution in [2.24, 2.45) is 4.99 Å². The number of guanidine groups is 1. The molecule has 1 aromatic heterocycles. The summed E-state index contributed by atoms with van der Waals surface area (Å²) in [5.74, 6) is 0.948. The van der Waals surface area contributed by atoms with E-state index in [1.54, 1.807) is 18.4 Å².